The van der Waals surface area contributed by atoms with E-state index in [4.69, 9.17) is 0 Å². The Bertz CT molecular complexity index is 1210. The SMILES string of the molecule is Cc1ccc(N2C(=O)c3nc4ccccc4n3C[C@]2(C)C(=O)N[C@@H]2CCC[C@H](C)[C@@H]2C)cc1. The van der Waals surface area contributed by atoms with Crippen molar-refractivity contribution in [1.82, 2.24) is 14.9 Å². The molecule has 6 nitrogen and oxygen atoms in total. The van der Waals surface area contributed by atoms with Crippen LogP contribution in [0.15, 0.2) is 48.5 Å². The number of hydrogen-bond donors (Lipinski definition) is 1. The number of imidazole rings is 1. The molecule has 1 aromatic heterocycles. The fraction of sp³-hybridized carbons (Fsp3) is 0.444. The number of aryl methyl sites for hydroxylation is 1. The molecule has 5 rings (SSSR count). The molecule has 6 heteroatoms. The number of rotatable bonds is 3. The zero-order valence-corrected chi connectivity index (χ0v) is 19.8. The summed E-state index contributed by atoms with van der Waals surface area (Å²) in [5.74, 6) is 1.00. The smallest absolute Gasteiger partial charge is 0.295 e. The summed E-state index contributed by atoms with van der Waals surface area (Å²) in [7, 11) is 0. The van der Waals surface area contributed by atoms with Crippen LogP contribution in [0, 0.1) is 18.8 Å². The van der Waals surface area contributed by atoms with Crippen LogP contribution in [0.1, 0.15) is 56.2 Å². The summed E-state index contributed by atoms with van der Waals surface area (Å²) in [4.78, 5) is 34.1. The average Bonchev–Trinajstić information content (AvgIpc) is 3.17. The Hall–Kier alpha value is -3.15. The normalized spacial score (nSPS) is 27.5. The second-order valence-electron chi connectivity index (χ2n) is 10.1. The van der Waals surface area contributed by atoms with Gasteiger partial charge in [-0.25, -0.2) is 4.98 Å². The zero-order chi connectivity index (χ0) is 23.3. The summed E-state index contributed by atoms with van der Waals surface area (Å²) < 4.78 is 1.91. The molecule has 1 fully saturated rings. The number of fused-ring (bicyclic) bond motifs is 3. The van der Waals surface area contributed by atoms with Crippen LogP contribution in [0.5, 0.6) is 0 Å². The molecule has 2 amide bonds. The Balaban J connectivity index is 1.59. The van der Waals surface area contributed by atoms with Gasteiger partial charge < -0.3 is 9.88 Å². The maximum Gasteiger partial charge on any atom is 0.295 e. The molecule has 33 heavy (non-hydrogen) atoms. The van der Waals surface area contributed by atoms with Crippen LogP contribution in [0.2, 0.25) is 0 Å². The van der Waals surface area contributed by atoms with Gasteiger partial charge in [0, 0.05) is 11.7 Å². The standard InChI is InChI=1S/C27H32N4O2/c1-17-12-14-20(15-13-17)31-25(32)24-28-22-9-5-6-11-23(22)30(24)16-27(31,4)26(33)29-21-10-7-8-18(2)19(21)3/h5-6,9,11-15,18-19,21H,7-8,10,16H2,1-4H3,(H,29,33)/t18-,19-,21+,27+/m0/s1. The lowest BCUT2D eigenvalue weighted by Crippen LogP contribution is -2.66. The predicted molar refractivity (Wildman–Crippen MR) is 130 cm³/mol. The summed E-state index contributed by atoms with van der Waals surface area (Å²) in [6, 6.07) is 15.6. The second-order valence-corrected chi connectivity index (χ2v) is 10.1. The molecule has 1 aliphatic carbocycles. The molecule has 3 aromatic rings. The van der Waals surface area contributed by atoms with Crippen molar-refractivity contribution in [2.24, 2.45) is 11.8 Å². The topological polar surface area (TPSA) is 67.2 Å². The van der Waals surface area contributed by atoms with Gasteiger partial charge in [0.2, 0.25) is 11.7 Å². The van der Waals surface area contributed by atoms with Gasteiger partial charge in [0.05, 0.1) is 17.6 Å². The first-order valence-electron chi connectivity index (χ1n) is 12.0. The molecule has 0 spiro atoms. The number of para-hydroxylation sites is 2. The van der Waals surface area contributed by atoms with Gasteiger partial charge in [-0.3, -0.25) is 14.5 Å². The van der Waals surface area contributed by atoms with Gasteiger partial charge in [0.15, 0.2) is 0 Å². The summed E-state index contributed by atoms with van der Waals surface area (Å²) in [6.45, 7) is 8.73. The number of nitrogens with one attached hydrogen (secondary N) is 1. The highest BCUT2D eigenvalue weighted by atomic mass is 16.2. The number of carbonyl (C=O) groups is 2. The molecular weight excluding hydrogens is 412 g/mol. The van der Waals surface area contributed by atoms with Gasteiger partial charge in [-0.2, -0.15) is 0 Å². The predicted octanol–water partition coefficient (Wildman–Crippen LogP) is 4.70. The van der Waals surface area contributed by atoms with Crippen molar-refractivity contribution in [2.75, 3.05) is 4.90 Å². The Morgan fingerprint density at radius 2 is 1.82 bits per heavy atom. The molecule has 2 aliphatic rings. The number of amides is 2. The number of nitrogens with zero attached hydrogens (tertiary/aromatic N) is 3. The second kappa shape index (κ2) is 8.01. The minimum atomic E-state index is -1.08. The number of aromatic nitrogens is 2. The third-order valence-corrected chi connectivity index (χ3v) is 7.81. The highest BCUT2D eigenvalue weighted by Crippen LogP contribution is 2.36. The molecule has 0 saturated heterocycles. The number of hydrogen-bond acceptors (Lipinski definition) is 3. The molecule has 2 aromatic carbocycles. The van der Waals surface area contributed by atoms with E-state index in [1.54, 1.807) is 4.90 Å². The lowest BCUT2D eigenvalue weighted by Gasteiger charge is -2.45. The molecule has 1 aliphatic heterocycles. The van der Waals surface area contributed by atoms with Crippen molar-refractivity contribution >= 4 is 28.5 Å². The third kappa shape index (κ3) is 3.52. The maximum absolute atomic E-state index is 14.0. The summed E-state index contributed by atoms with van der Waals surface area (Å²) in [6.07, 6.45) is 3.29. The van der Waals surface area contributed by atoms with Gasteiger partial charge in [-0.05, 0) is 56.4 Å². The quantitative estimate of drug-likeness (QED) is 0.636. The van der Waals surface area contributed by atoms with E-state index in [-0.39, 0.29) is 17.9 Å². The van der Waals surface area contributed by atoms with Gasteiger partial charge in [0.1, 0.15) is 5.54 Å². The number of carbonyl (C=O) groups excluding carboxylic acids is 2. The summed E-state index contributed by atoms with van der Waals surface area (Å²) in [5.41, 5.74) is 2.38. The van der Waals surface area contributed by atoms with Crippen LogP contribution in [0.3, 0.4) is 0 Å². The van der Waals surface area contributed by atoms with E-state index in [2.05, 4.69) is 24.1 Å². The minimum Gasteiger partial charge on any atom is -0.351 e. The van der Waals surface area contributed by atoms with E-state index >= 15 is 0 Å². The molecular formula is C27H32N4O2. The van der Waals surface area contributed by atoms with Crippen molar-refractivity contribution in [2.45, 2.75) is 65.1 Å². The Morgan fingerprint density at radius 3 is 2.58 bits per heavy atom. The molecule has 1 saturated carbocycles. The van der Waals surface area contributed by atoms with E-state index < -0.39 is 5.54 Å². The van der Waals surface area contributed by atoms with E-state index in [1.165, 1.54) is 6.42 Å². The fourth-order valence-corrected chi connectivity index (χ4v) is 5.48. The van der Waals surface area contributed by atoms with E-state index in [9.17, 15) is 9.59 Å². The zero-order valence-electron chi connectivity index (χ0n) is 19.8. The highest BCUT2D eigenvalue weighted by molar-refractivity contribution is 6.12. The van der Waals surface area contributed by atoms with E-state index in [0.29, 0.717) is 29.9 Å². The van der Waals surface area contributed by atoms with Crippen LogP contribution in [-0.4, -0.2) is 32.9 Å². The van der Waals surface area contributed by atoms with Crippen molar-refractivity contribution in [3.8, 4) is 0 Å². The van der Waals surface area contributed by atoms with Gasteiger partial charge >= 0.3 is 0 Å². The van der Waals surface area contributed by atoms with Gasteiger partial charge in [-0.15, -0.1) is 0 Å². The Labute approximate surface area is 195 Å². The van der Waals surface area contributed by atoms with Crippen molar-refractivity contribution in [3.05, 3.63) is 59.9 Å². The first-order chi connectivity index (χ1) is 15.8. The monoisotopic (exact) mass is 444 g/mol. The molecule has 4 atom stereocenters. The van der Waals surface area contributed by atoms with Crippen molar-refractivity contribution in [3.63, 3.8) is 0 Å². The molecule has 0 unspecified atom stereocenters. The van der Waals surface area contributed by atoms with Crippen LogP contribution in [0.25, 0.3) is 11.0 Å². The summed E-state index contributed by atoms with van der Waals surface area (Å²) in [5, 5.41) is 3.35. The van der Waals surface area contributed by atoms with Gasteiger partial charge in [0.25, 0.3) is 5.91 Å². The average molecular weight is 445 g/mol. The maximum atomic E-state index is 14.0. The first-order valence-corrected chi connectivity index (χ1v) is 12.0. The van der Waals surface area contributed by atoms with Crippen LogP contribution in [-0.2, 0) is 11.3 Å². The van der Waals surface area contributed by atoms with E-state index in [0.717, 1.165) is 29.4 Å². The lowest BCUT2D eigenvalue weighted by atomic mass is 9.77. The minimum absolute atomic E-state index is 0.106. The molecule has 1 N–H and O–H groups in total. The Morgan fingerprint density at radius 1 is 1.09 bits per heavy atom. The van der Waals surface area contributed by atoms with E-state index in [1.807, 2.05) is 66.9 Å². The van der Waals surface area contributed by atoms with Crippen LogP contribution >= 0.6 is 0 Å². The lowest BCUT2D eigenvalue weighted by molar-refractivity contribution is -0.128. The Kier molecular flexibility index (Phi) is 5.26. The highest BCUT2D eigenvalue weighted by Gasteiger charge is 2.50. The molecule has 2 heterocycles. The van der Waals surface area contributed by atoms with Crippen LogP contribution < -0.4 is 10.2 Å². The third-order valence-electron chi connectivity index (χ3n) is 7.81. The molecule has 0 bridgehead atoms. The van der Waals surface area contributed by atoms with Gasteiger partial charge in [-0.1, -0.05) is 56.5 Å². The van der Waals surface area contributed by atoms with Crippen molar-refractivity contribution in [1.29, 1.82) is 0 Å². The molecule has 172 valence electrons. The number of anilines is 1. The van der Waals surface area contributed by atoms with Crippen LogP contribution in [0.4, 0.5) is 5.69 Å². The number of benzene rings is 2. The first kappa shape index (κ1) is 21.7. The largest absolute Gasteiger partial charge is 0.351 e. The van der Waals surface area contributed by atoms with Crippen molar-refractivity contribution < 1.29 is 9.59 Å². The fourth-order valence-electron chi connectivity index (χ4n) is 5.48. The summed E-state index contributed by atoms with van der Waals surface area (Å²) >= 11 is 0. The molecule has 0 radical (unpaired) electrons.